The molecule has 0 heterocycles. The second-order valence-corrected chi connectivity index (χ2v) is 5.04. The molecule has 0 aromatic carbocycles. The van der Waals surface area contributed by atoms with Crippen molar-refractivity contribution in [3.05, 3.63) is 0 Å². The Bertz CT molecular complexity index is 229. The van der Waals surface area contributed by atoms with E-state index in [9.17, 15) is 4.79 Å². The minimum Gasteiger partial charge on any atom is -0.354 e. The van der Waals surface area contributed by atoms with E-state index >= 15 is 0 Å². The normalized spacial score (nSPS) is 25.6. The van der Waals surface area contributed by atoms with Gasteiger partial charge in [-0.1, -0.05) is 12.8 Å². The smallest absolute Gasteiger partial charge is 0.240 e. The Balaban J connectivity index is 1.70. The molecule has 1 atom stereocenters. The molecule has 0 aromatic rings. The summed E-state index contributed by atoms with van der Waals surface area (Å²) in [7, 11) is 0. The number of rotatable bonds is 5. The summed E-state index contributed by atoms with van der Waals surface area (Å²) in [6.45, 7) is 2.67. The van der Waals surface area contributed by atoms with Crippen molar-refractivity contribution >= 4 is 5.91 Å². The van der Waals surface area contributed by atoms with E-state index < -0.39 is 5.54 Å². The quantitative estimate of drug-likeness (QED) is 0.690. The zero-order chi connectivity index (χ0) is 10.2. The van der Waals surface area contributed by atoms with Crippen LogP contribution in [0.3, 0.4) is 0 Å². The van der Waals surface area contributed by atoms with Gasteiger partial charge in [0.15, 0.2) is 0 Å². The second kappa shape index (κ2) is 3.54. The predicted molar refractivity (Wildman–Crippen MR) is 55.7 cm³/mol. The van der Waals surface area contributed by atoms with Gasteiger partial charge in [0.05, 0.1) is 5.54 Å². The lowest BCUT2D eigenvalue weighted by Crippen LogP contribution is -2.53. The fourth-order valence-corrected chi connectivity index (χ4v) is 1.86. The van der Waals surface area contributed by atoms with Gasteiger partial charge in [-0.05, 0) is 38.0 Å². The van der Waals surface area contributed by atoms with Gasteiger partial charge >= 0.3 is 0 Å². The van der Waals surface area contributed by atoms with Crippen LogP contribution < -0.4 is 11.1 Å². The minimum atomic E-state index is -0.621. The lowest BCUT2D eigenvalue weighted by Gasteiger charge is -2.23. The van der Waals surface area contributed by atoms with E-state index in [1.165, 1.54) is 12.8 Å². The highest BCUT2D eigenvalue weighted by Crippen LogP contribution is 2.38. The third-order valence-electron chi connectivity index (χ3n) is 3.45. The monoisotopic (exact) mass is 196 g/mol. The predicted octanol–water partition coefficient (Wildman–Crippen LogP) is 1.03. The van der Waals surface area contributed by atoms with Gasteiger partial charge in [-0.25, -0.2) is 0 Å². The number of hydrogen-bond donors (Lipinski definition) is 2. The van der Waals surface area contributed by atoms with Crippen molar-refractivity contribution in [2.24, 2.45) is 17.6 Å². The molecule has 80 valence electrons. The molecule has 2 aliphatic rings. The third-order valence-corrected chi connectivity index (χ3v) is 3.45. The van der Waals surface area contributed by atoms with E-state index in [2.05, 4.69) is 5.32 Å². The number of nitrogens with two attached hydrogens (primary N) is 1. The van der Waals surface area contributed by atoms with Gasteiger partial charge in [0.25, 0.3) is 0 Å². The SMILES string of the molecule is CC(N)(C(=O)NCCC1CC1)C1CC1. The standard InChI is InChI=1S/C11H20N2O/c1-11(12,9-4-5-9)10(14)13-7-6-8-2-3-8/h8-9H,2-7,12H2,1H3,(H,13,14). The van der Waals surface area contributed by atoms with Gasteiger partial charge in [0, 0.05) is 6.54 Å². The number of nitrogens with one attached hydrogen (secondary N) is 1. The Morgan fingerprint density at radius 1 is 1.43 bits per heavy atom. The Morgan fingerprint density at radius 2 is 2.07 bits per heavy atom. The van der Waals surface area contributed by atoms with Crippen LogP contribution in [0.15, 0.2) is 0 Å². The van der Waals surface area contributed by atoms with Crippen LogP contribution in [0.25, 0.3) is 0 Å². The molecule has 1 amide bonds. The summed E-state index contributed by atoms with van der Waals surface area (Å²) >= 11 is 0. The first kappa shape index (κ1) is 9.97. The molecule has 0 radical (unpaired) electrons. The molecular weight excluding hydrogens is 176 g/mol. The van der Waals surface area contributed by atoms with Gasteiger partial charge in [0.1, 0.15) is 0 Å². The molecule has 0 spiro atoms. The number of carbonyl (C=O) groups is 1. The fraction of sp³-hybridized carbons (Fsp3) is 0.909. The summed E-state index contributed by atoms with van der Waals surface area (Å²) in [4.78, 5) is 11.7. The molecule has 2 rings (SSSR count). The van der Waals surface area contributed by atoms with Crippen LogP contribution in [0.5, 0.6) is 0 Å². The minimum absolute atomic E-state index is 0.0423. The van der Waals surface area contributed by atoms with E-state index in [4.69, 9.17) is 5.73 Å². The molecule has 0 bridgehead atoms. The molecular formula is C11H20N2O. The van der Waals surface area contributed by atoms with E-state index in [1.807, 2.05) is 6.92 Å². The maximum atomic E-state index is 11.7. The van der Waals surface area contributed by atoms with E-state index in [1.54, 1.807) is 0 Å². The average Bonchev–Trinajstić information content (AvgIpc) is 2.98. The maximum Gasteiger partial charge on any atom is 0.240 e. The highest BCUT2D eigenvalue weighted by Gasteiger charge is 2.43. The Morgan fingerprint density at radius 3 is 2.57 bits per heavy atom. The van der Waals surface area contributed by atoms with E-state index in [0.29, 0.717) is 5.92 Å². The molecule has 3 nitrogen and oxygen atoms in total. The Labute approximate surface area is 85.4 Å². The Kier molecular flexibility index (Phi) is 2.52. The van der Waals surface area contributed by atoms with Crippen molar-refractivity contribution in [1.29, 1.82) is 0 Å². The average molecular weight is 196 g/mol. The molecule has 0 aliphatic heterocycles. The van der Waals surface area contributed by atoms with Gasteiger partial charge in [-0.2, -0.15) is 0 Å². The van der Waals surface area contributed by atoms with Crippen molar-refractivity contribution in [2.45, 2.75) is 44.6 Å². The summed E-state index contributed by atoms with van der Waals surface area (Å²) in [6, 6.07) is 0. The van der Waals surface area contributed by atoms with Crippen molar-refractivity contribution < 1.29 is 4.79 Å². The molecule has 2 fully saturated rings. The van der Waals surface area contributed by atoms with Crippen LogP contribution in [0.1, 0.15) is 39.0 Å². The first-order valence-electron chi connectivity index (χ1n) is 5.68. The van der Waals surface area contributed by atoms with Crippen LogP contribution in [-0.2, 0) is 4.79 Å². The van der Waals surface area contributed by atoms with Crippen LogP contribution in [0.2, 0.25) is 0 Å². The third kappa shape index (κ3) is 2.27. The van der Waals surface area contributed by atoms with Gasteiger partial charge in [-0.3, -0.25) is 4.79 Å². The van der Waals surface area contributed by atoms with Gasteiger partial charge in [-0.15, -0.1) is 0 Å². The molecule has 14 heavy (non-hydrogen) atoms. The summed E-state index contributed by atoms with van der Waals surface area (Å²) in [5.74, 6) is 1.34. The van der Waals surface area contributed by atoms with Crippen LogP contribution >= 0.6 is 0 Å². The van der Waals surface area contributed by atoms with Crippen molar-refractivity contribution in [3.8, 4) is 0 Å². The molecule has 0 aromatic heterocycles. The zero-order valence-electron chi connectivity index (χ0n) is 8.88. The first-order valence-corrected chi connectivity index (χ1v) is 5.68. The molecule has 3 N–H and O–H groups in total. The topological polar surface area (TPSA) is 55.1 Å². The number of hydrogen-bond acceptors (Lipinski definition) is 2. The molecule has 3 heteroatoms. The highest BCUT2D eigenvalue weighted by molar-refractivity contribution is 5.86. The van der Waals surface area contributed by atoms with Crippen molar-refractivity contribution in [3.63, 3.8) is 0 Å². The lowest BCUT2D eigenvalue weighted by molar-refractivity contribution is -0.126. The van der Waals surface area contributed by atoms with E-state index in [0.717, 1.165) is 31.7 Å². The van der Waals surface area contributed by atoms with E-state index in [-0.39, 0.29) is 5.91 Å². The summed E-state index contributed by atoms with van der Waals surface area (Å²) in [5, 5.41) is 2.95. The van der Waals surface area contributed by atoms with Crippen molar-refractivity contribution in [1.82, 2.24) is 5.32 Å². The molecule has 2 aliphatic carbocycles. The Hall–Kier alpha value is -0.570. The highest BCUT2D eigenvalue weighted by atomic mass is 16.2. The fourth-order valence-electron chi connectivity index (χ4n) is 1.86. The maximum absolute atomic E-state index is 11.7. The second-order valence-electron chi connectivity index (χ2n) is 5.04. The molecule has 2 saturated carbocycles. The van der Waals surface area contributed by atoms with Gasteiger partial charge < -0.3 is 11.1 Å². The summed E-state index contributed by atoms with van der Waals surface area (Å²) in [6.07, 6.45) is 6.05. The molecule has 1 unspecified atom stereocenters. The summed E-state index contributed by atoms with van der Waals surface area (Å²) < 4.78 is 0. The largest absolute Gasteiger partial charge is 0.354 e. The molecule has 0 saturated heterocycles. The van der Waals surface area contributed by atoms with Crippen LogP contribution in [0.4, 0.5) is 0 Å². The lowest BCUT2D eigenvalue weighted by atomic mass is 9.96. The van der Waals surface area contributed by atoms with Crippen LogP contribution in [-0.4, -0.2) is 18.0 Å². The summed E-state index contributed by atoms with van der Waals surface area (Å²) in [5.41, 5.74) is 5.36. The van der Waals surface area contributed by atoms with Crippen molar-refractivity contribution in [2.75, 3.05) is 6.54 Å². The van der Waals surface area contributed by atoms with Crippen LogP contribution in [0, 0.1) is 11.8 Å². The first-order chi connectivity index (χ1) is 6.60. The van der Waals surface area contributed by atoms with Gasteiger partial charge in [0.2, 0.25) is 5.91 Å². The number of carbonyl (C=O) groups excluding carboxylic acids is 1. The number of amides is 1. The zero-order valence-corrected chi connectivity index (χ0v) is 8.88.